The van der Waals surface area contributed by atoms with E-state index < -0.39 is 42.8 Å². The van der Waals surface area contributed by atoms with Crippen LogP contribution in [0, 0.1) is 17.0 Å². The number of benzene rings is 2. The monoisotopic (exact) mass is 654 g/mol. The maximum atomic E-state index is 13.9. The van der Waals surface area contributed by atoms with E-state index in [1.807, 2.05) is 0 Å². The van der Waals surface area contributed by atoms with Crippen LogP contribution in [-0.2, 0) is 14.0 Å². The second-order valence-corrected chi connectivity index (χ2v) is 18.7. The molecule has 7 nitrogen and oxygen atoms in total. The molecule has 2 bridgehead atoms. The molecule has 2 aromatic carbocycles. The van der Waals surface area contributed by atoms with Crippen LogP contribution in [0.5, 0.6) is 5.75 Å². The first kappa shape index (κ1) is 33.4. The third-order valence-corrected chi connectivity index (χ3v) is 14.4. The van der Waals surface area contributed by atoms with Crippen molar-refractivity contribution >= 4 is 49.1 Å². The SMILES string of the molecule is CC(C)(C)[Si](C)(C)OC1CC2(NC(=O)COc3ccc(Cl)c(F)c3)CCC1(C(=O)NCC(=O)c1ccc(Cl)c(F)c1)CC2. The van der Waals surface area contributed by atoms with Gasteiger partial charge in [-0.25, -0.2) is 8.78 Å². The second kappa shape index (κ2) is 12.5. The van der Waals surface area contributed by atoms with Crippen LogP contribution in [0.4, 0.5) is 8.78 Å². The Morgan fingerprint density at radius 3 is 2.16 bits per heavy atom. The van der Waals surface area contributed by atoms with Crippen molar-refractivity contribution in [2.45, 2.75) is 82.7 Å². The normalized spacial score (nSPS) is 23.5. The Morgan fingerprint density at radius 2 is 1.58 bits per heavy atom. The smallest absolute Gasteiger partial charge is 0.258 e. The number of carbonyl (C=O) groups excluding carboxylic acids is 3. The highest BCUT2D eigenvalue weighted by Gasteiger charge is 2.60. The van der Waals surface area contributed by atoms with Crippen LogP contribution >= 0.6 is 23.2 Å². The summed E-state index contributed by atoms with van der Waals surface area (Å²) in [5, 5.41) is 5.67. The van der Waals surface area contributed by atoms with E-state index in [9.17, 15) is 23.2 Å². The number of halogens is 4. The Hall–Kier alpha value is -2.53. The Labute approximate surface area is 262 Å². The van der Waals surface area contributed by atoms with E-state index in [2.05, 4.69) is 44.5 Å². The molecule has 2 N–H and O–H groups in total. The fourth-order valence-corrected chi connectivity index (χ4v) is 7.25. The standard InChI is InChI=1S/C31H38Cl2F2N2O5Si/c1-29(2,3)43(4,5)42-26-16-30(37-27(39)18-41-20-7-9-22(33)24(35)15-20)10-12-31(26,13-11-30)28(40)36-17-25(38)19-6-8-21(32)23(34)14-19/h6-9,14-15,26H,10-13,16-18H2,1-5H3,(H,36,40)(H,37,39). The molecule has 0 aliphatic heterocycles. The van der Waals surface area contributed by atoms with Crippen molar-refractivity contribution in [1.82, 2.24) is 10.6 Å². The quantitative estimate of drug-likeness (QED) is 0.216. The Morgan fingerprint density at radius 1 is 0.977 bits per heavy atom. The van der Waals surface area contributed by atoms with E-state index in [0.29, 0.717) is 32.1 Å². The van der Waals surface area contributed by atoms with Crippen molar-refractivity contribution in [3.8, 4) is 5.75 Å². The van der Waals surface area contributed by atoms with Gasteiger partial charge in [0, 0.05) is 17.2 Å². The molecule has 0 aromatic heterocycles. The number of rotatable bonds is 10. The molecule has 5 rings (SSSR count). The summed E-state index contributed by atoms with van der Waals surface area (Å²) >= 11 is 11.5. The molecule has 2 aromatic rings. The van der Waals surface area contributed by atoms with Gasteiger partial charge in [-0.1, -0.05) is 44.0 Å². The van der Waals surface area contributed by atoms with Gasteiger partial charge in [0.05, 0.1) is 28.1 Å². The second-order valence-electron chi connectivity index (χ2n) is 13.2. The summed E-state index contributed by atoms with van der Waals surface area (Å²) in [6.07, 6.45) is 1.90. The number of amides is 2. The fourth-order valence-electron chi connectivity index (χ4n) is 5.64. The van der Waals surface area contributed by atoms with E-state index >= 15 is 0 Å². The lowest BCUT2D eigenvalue weighted by molar-refractivity contribution is -0.154. The first-order chi connectivity index (χ1) is 20.0. The van der Waals surface area contributed by atoms with Crippen molar-refractivity contribution in [1.29, 1.82) is 0 Å². The highest BCUT2D eigenvalue weighted by molar-refractivity contribution is 6.74. The Bertz CT molecular complexity index is 1410. The number of ketones is 1. The molecular formula is C31H38Cl2F2N2O5Si. The highest BCUT2D eigenvalue weighted by atomic mass is 35.5. The average molecular weight is 656 g/mol. The van der Waals surface area contributed by atoms with Crippen molar-refractivity contribution in [3.63, 3.8) is 0 Å². The van der Waals surface area contributed by atoms with Gasteiger partial charge in [-0.05, 0) is 80.6 Å². The number of nitrogens with one attached hydrogen (secondary N) is 2. The zero-order valence-electron chi connectivity index (χ0n) is 25.0. The minimum Gasteiger partial charge on any atom is -0.484 e. The molecule has 3 aliphatic rings. The molecule has 1 unspecified atom stereocenters. The van der Waals surface area contributed by atoms with Crippen LogP contribution in [0.15, 0.2) is 36.4 Å². The molecule has 0 spiro atoms. The van der Waals surface area contributed by atoms with E-state index in [-0.39, 0.29) is 51.4 Å². The summed E-state index contributed by atoms with van der Waals surface area (Å²) in [6.45, 7) is 9.98. The maximum Gasteiger partial charge on any atom is 0.258 e. The van der Waals surface area contributed by atoms with E-state index in [1.165, 1.54) is 24.3 Å². The summed E-state index contributed by atoms with van der Waals surface area (Å²) < 4.78 is 40.1. The summed E-state index contributed by atoms with van der Waals surface area (Å²) in [5.74, 6) is -2.24. The number of fused-ring (bicyclic) bond motifs is 3. The number of ether oxygens (including phenoxy) is 1. The molecule has 3 saturated carbocycles. The molecule has 0 heterocycles. The molecule has 2 amide bonds. The lowest BCUT2D eigenvalue weighted by Gasteiger charge is -2.58. The minimum absolute atomic E-state index is 0.0383. The molecule has 1 atom stereocenters. The Kier molecular flexibility index (Phi) is 9.67. The van der Waals surface area contributed by atoms with Crippen molar-refractivity contribution in [2.75, 3.05) is 13.2 Å². The lowest BCUT2D eigenvalue weighted by Crippen LogP contribution is -2.68. The maximum absolute atomic E-state index is 13.9. The van der Waals surface area contributed by atoms with Gasteiger partial charge in [-0.3, -0.25) is 14.4 Å². The summed E-state index contributed by atoms with van der Waals surface area (Å²) in [6, 6.07) is 7.76. The van der Waals surface area contributed by atoms with Crippen LogP contribution < -0.4 is 15.4 Å². The van der Waals surface area contributed by atoms with Gasteiger partial charge in [-0.2, -0.15) is 0 Å². The van der Waals surface area contributed by atoms with Gasteiger partial charge >= 0.3 is 0 Å². The zero-order chi connectivity index (χ0) is 31.8. The predicted octanol–water partition coefficient (Wildman–Crippen LogP) is 6.86. The van der Waals surface area contributed by atoms with E-state index in [4.69, 9.17) is 32.4 Å². The zero-order valence-corrected chi connectivity index (χ0v) is 27.6. The number of Topliss-reactive ketones (excluding diaryl/α,β-unsaturated/α-hetero) is 1. The molecule has 234 valence electrons. The van der Waals surface area contributed by atoms with Gasteiger partial charge in [0.15, 0.2) is 20.7 Å². The Balaban J connectivity index is 1.48. The largest absolute Gasteiger partial charge is 0.484 e. The molecular weight excluding hydrogens is 617 g/mol. The minimum atomic E-state index is -2.36. The topological polar surface area (TPSA) is 93.7 Å². The van der Waals surface area contributed by atoms with Gasteiger partial charge in [0.2, 0.25) is 5.91 Å². The molecule has 12 heteroatoms. The van der Waals surface area contributed by atoms with E-state index in [1.54, 1.807) is 0 Å². The number of hydrogen-bond acceptors (Lipinski definition) is 5. The molecule has 43 heavy (non-hydrogen) atoms. The van der Waals surface area contributed by atoms with Crippen LogP contribution in [-0.4, -0.2) is 50.7 Å². The van der Waals surface area contributed by atoms with Gasteiger partial charge in [0.25, 0.3) is 5.91 Å². The number of carbonyl (C=O) groups is 3. The first-order valence-corrected chi connectivity index (χ1v) is 18.0. The molecule has 0 saturated heterocycles. The summed E-state index contributed by atoms with van der Waals surface area (Å²) in [5.41, 5.74) is -1.37. The fraction of sp³-hybridized carbons (Fsp3) is 0.516. The van der Waals surface area contributed by atoms with Gasteiger partial charge in [-0.15, -0.1) is 0 Å². The van der Waals surface area contributed by atoms with Crippen LogP contribution in [0.3, 0.4) is 0 Å². The molecule has 3 fully saturated rings. The van der Waals surface area contributed by atoms with Crippen molar-refractivity contribution in [2.24, 2.45) is 5.41 Å². The molecule has 0 radical (unpaired) electrons. The van der Waals surface area contributed by atoms with Gasteiger partial charge < -0.3 is 19.8 Å². The van der Waals surface area contributed by atoms with E-state index in [0.717, 1.165) is 12.1 Å². The summed E-state index contributed by atoms with van der Waals surface area (Å²) in [4.78, 5) is 39.6. The van der Waals surface area contributed by atoms with Crippen LogP contribution in [0.1, 0.15) is 63.2 Å². The third-order valence-electron chi connectivity index (χ3n) is 9.30. The predicted molar refractivity (Wildman–Crippen MR) is 164 cm³/mol. The van der Waals surface area contributed by atoms with Crippen LogP contribution in [0.2, 0.25) is 28.2 Å². The summed E-state index contributed by atoms with van der Waals surface area (Å²) in [7, 11) is -2.36. The first-order valence-electron chi connectivity index (χ1n) is 14.3. The van der Waals surface area contributed by atoms with Crippen molar-refractivity contribution < 1.29 is 32.3 Å². The highest BCUT2D eigenvalue weighted by Crippen LogP contribution is 2.55. The van der Waals surface area contributed by atoms with Crippen LogP contribution in [0.25, 0.3) is 0 Å². The van der Waals surface area contributed by atoms with Crippen molar-refractivity contribution in [3.05, 3.63) is 63.6 Å². The third kappa shape index (κ3) is 7.24. The average Bonchev–Trinajstić information content (AvgIpc) is 2.93. The molecule has 3 aliphatic carbocycles. The van der Waals surface area contributed by atoms with Gasteiger partial charge in [0.1, 0.15) is 17.4 Å². The lowest BCUT2D eigenvalue weighted by atomic mass is 9.55. The number of hydrogen-bond donors (Lipinski definition) is 2.